The standard InChI is InChI=1S/C18H28N2O5/c1-12-10-20(16-9-14(22)15(11-21)25-16)18(24)19(17(12)23)8-4-2-3-5-13-6-7-13/h10,13-16,21-22H,2-9,11H2,1H3/t14-,15+,16+/m0/s1. The van der Waals surface area contributed by atoms with Crippen LogP contribution in [0.3, 0.4) is 0 Å². The zero-order valence-corrected chi connectivity index (χ0v) is 14.8. The van der Waals surface area contributed by atoms with Gasteiger partial charge in [-0.25, -0.2) is 4.79 Å². The lowest BCUT2D eigenvalue weighted by Gasteiger charge is -2.17. The minimum atomic E-state index is -0.815. The molecule has 7 nitrogen and oxygen atoms in total. The van der Waals surface area contributed by atoms with Gasteiger partial charge in [0.25, 0.3) is 5.56 Å². The number of ether oxygens (including phenoxy) is 1. The summed E-state index contributed by atoms with van der Waals surface area (Å²) in [5, 5.41) is 19.1. The maximum atomic E-state index is 12.7. The van der Waals surface area contributed by atoms with Crippen LogP contribution in [0.1, 0.15) is 56.7 Å². The highest BCUT2D eigenvalue weighted by Gasteiger charge is 2.35. The molecule has 1 aliphatic heterocycles. The third kappa shape index (κ3) is 4.22. The second kappa shape index (κ2) is 7.85. The van der Waals surface area contributed by atoms with Crippen LogP contribution in [0.15, 0.2) is 15.8 Å². The Morgan fingerprint density at radius 3 is 2.64 bits per heavy atom. The maximum absolute atomic E-state index is 12.7. The first-order chi connectivity index (χ1) is 12.0. The van der Waals surface area contributed by atoms with Gasteiger partial charge in [-0.1, -0.05) is 32.1 Å². The highest BCUT2D eigenvalue weighted by atomic mass is 16.5. The Hall–Kier alpha value is -1.44. The molecule has 7 heteroatoms. The Bertz CT molecular complexity index is 706. The van der Waals surface area contributed by atoms with E-state index in [-0.39, 0.29) is 18.6 Å². The summed E-state index contributed by atoms with van der Waals surface area (Å²) in [7, 11) is 0. The van der Waals surface area contributed by atoms with E-state index in [1.807, 2.05) is 0 Å². The maximum Gasteiger partial charge on any atom is 0.333 e. The van der Waals surface area contributed by atoms with Crippen molar-refractivity contribution in [1.82, 2.24) is 9.13 Å². The fourth-order valence-corrected chi connectivity index (χ4v) is 3.50. The summed E-state index contributed by atoms with van der Waals surface area (Å²) < 4.78 is 8.21. The van der Waals surface area contributed by atoms with Crippen molar-refractivity contribution >= 4 is 0 Å². The van der Waals surface area contributed by atoms with E-state index in [4.69, 9.17) is 4.74 Å². The molecular weight excluding hydrogens is 324 g/mol. The van der Waals surface area contributed by atoms with E-state index in [0.29, 0.717) is 12.1 Å². The molecule has 25 heavy (non-hydrogen) atoms. The summed E-state index contributed by atoms with van der Waals surface area (Å²) in [5.41, 5.74) is -0.197. The molecule has 140 valence electrons. The van der Waals surface area contributed by atoms with Gasteiger partial charge >= 0.3 is 5.69 Å². The van der Waals surface area contributed by atoms with Gasteiger partial charge < -0.3 is 14.9 Å². The topological polar surface area (TPSA) is 93.7 Å². The minimum absolute atomic E-state index is 0.226. The summed E-state index contributed by atoms with van der Waals surface area (Å²) >= 11 is 0. The smallest absolute Gasteiger partial charge is 0.333 e. The fraction of sp³-hybridized carbons (Fsp3) is 0.778. The first kappa shape index (κ1) is 18.4. The van der Waals surface area contributed by atoms with Crippen molar-refractivity contribution in [3.05, 3.63) is 32.6 Å². The third-order valence-corrected chi connectivity index (χ3v) is 5.25. The predicted octanol–water partition coefficient (Wildman–Crippen LogP) is 0.930. The fourth-order valence-electron chi connectivity index (χ4n) is 3.50. The van der Waals surface area contributed by atoms with Crippen molar-refractivity contribution in [2.45, 2.75) is 76.9 Å². The van der Waals surface area contributed by atoms with Crippen LogP contribution in [0.2, 0.25) is 0 Å². The van der Waals surface area contributed by atoms with Crippen molar-refractivity contribution in [2.75, 3.05) is 6.61 Å². The van der Waals surface area contributed by atoms with Gasteiger partial charge in [-0.05, 0) is 19.3 Å². The molecule has 1 aliphatic carbocycles. The lowest BCUT2D eigenvalue weighted by Crippen LogP contribution is -2.42. The van der Waals surface area contributed by atoms with Crippen molar-refractivity contribution in [1.29, 1.82) is 0 Å². The largest absolute Gasteiger partial charge is 0.394 e. The quantitative estimate of drug-likeness (QED) is 0.679. The number of hydrogen-bond acceptors (Lipinski definition) is 5. The Morgan fingerprint density at radius 1 is 1.24 bits per heavy atom. The minimum Gasteiger partial charge on any atom is -0.394 e. The molecule has 0 amide bonds. The van der Waals surface area contributed by atoms with E-state index >= 15 is 0 Å². The van der Waals surface area contributed by atoms with Crippen LogP contribution in [0.25, 0.3) is 0 Å². The molecule has 0 bridgehead atoms. The number of aromatic nitrogens is 2. The van der Waals surface area contributed by atoms with Gasteiger partial charge in [0.2, 0.25) is 0 Å². The van der Waals surface area contributed by atoms with Crippen molar-refractivity contribution in [3.63, 3.8) is 0 Å². The number of unbranched alkanes of at least 4 members (excludes halogenated alkanes) is 2. The summed E-state index contributed by atoms with van der Waals surface area (Å²) in [4.78, 5) is 25.1. The average molecular weight is 352 g/mol. The highest BCUT2D eigenvalue weighted by molar-refractivity contribution is 5.04. The molecule has 3 rings (SSSR count). The van der Waals surface area contributed by atoms with E-state index in [9.17, 15) is 19.8 Å². The number of nitrogens with zero attached hydrogens (tertiary/aromatic N) is 2. The lowest BCUT2D eigenvalue weighted by molar-refractivity contribution is -0.0464. The first-order valence-electron chi connectivity index (χ1n) is 9.28. The summed E-state index contributed by atoms with van der Waals surface area (Å²) in [6.45, 7) is 1.78. The molecule has 2 N–H and O–H groups in total. The molecular formula is C18H28N2O5. The normalized spacial score (nSPS) is 26.3. The number of aliphatic hydroxyl groups excluding tert-OH is 2. The van der Waals surface area contributed by atoms with Gasteiger partial charge in [0.1, 0.15) is 12.3 Å². The van der Waals surface area contributed by atoms with Gasteiger partial charge in [-0.3, -0.25) is 13.9 Å². The molecule has 0 radical (unpaired) electrons. The van der Waals surface area contributed by atoms with Crippen LogP contribution in [0.4, 0.5) is 0 Å². The van der Waals surface area contributed by atoms with E-state index < -0.39 is 24.1 Å². The van der Waals surface area contributed by atoms with E-state index in [0.717, 1.165) is 25.2 Å². The summed E-state index contributed by atoms with van der Waals surface area (Å²) in [6, 6.07) is 0. The van der Waals surface area contributed by atoms with E-state index in [1.165, 1.54) is 34.6 Å². The molecule has 2 heterocycles. The van der Waals surface area contributed by atoms with Crippen LogP contribution in [0.5, 0.6) is 0 Å². The molecule has 2 fully saturated rings. The highest BCUT2D eigenvalue weighted by Crippen LogP contribution is 2.34. The van der Waals surface area contributed by atoms with Gasteiger partial charge in [-0.2, -0.15) is 0 Å². The third-order valence-electron chi connectivity index (χ3n) is 5.25. The molecule has 1 saturated heterocycles. The molecule has 2 aliphatic rings. The second-order valence-electron chi connectivity index (χ2n) is 7.37. The van der Waals surface area contributed by atoms with Crippen molar-refractivity contribution < 1.29 is 14.9 Å². The number of aliphatic hydroxyl groups is 2. The Morgan fingerprint density at radius 2 is 2.00 bits per heavy atom. The number of aryl methyl sites for hydroxylation is 1. The SMILES string of the molecule is Cc1cn([C@H]2C[C@H](O)[C@@H](CO)O2)c(=O)n(CCCCCC2CC2)c1=O. The van der Waals surface area contributed by atoms with Crippen LogP contribution < -0.4 is 11.2 Å². The number of hydrogen-bond donors (Lipinski definition) is 2. The zero-order chi connectivity index (χ0) is 18.0. The van der Waals surface area contributed by atoms with Gasteiger partial charge in [-0.15, -0.1) is 0 Å². The second-order valence-corrected chi connectivity index (χ2v) is 7.37. The number of rotatable bonds is 8. The van der Waals surface area contributed by atoms with Crippen LogP contribution in [0, 0.1) is 12.8 Å². The molecule has 0 aromatic carbocycles. The van der Waals surface area contributed by atoms with Crippen molar-refractivity contribution in [3.8, 4) is 0 Å². The van der Waals surface area contributed by atoms with Gasteiger partial charge in [0.05, 0.1) is 12.7 Å². The monoisotopic (exact) mass is 352 g/mol. The first-order valence-corrected chi connectivity index (χ1v) is 9.28. The summed E-state index contributed by atoms with van der Waals surface area (Å²) in [5.74, 6) is 0.907. The molecule has 1 aromatic rings. The Labute approximate surface area is 146 Å². The van der Waals surface area contributed by atoms with Crippen LogP contribution in [-0.4, -0.2) is 38.2 Å². The van der Waals surface area contributed by atoms with Crippen LogP contribution in [-0.2, 0) is 11.3 Å². The van der Waals surface area contributed by atoms with Crippen molar-refractivity contribution in [2.24, 2.45) is 5.92 Å². The lowest BCUT2D eigenvalue weighted by atomic mass is 10.1. The molecule has 0 unspecified atom stereocenters. The molecule has 3 atom stereocenters. The predicted molar refractivity (Wildman–Crippen MR) is 92.5 cm³/mol. The molecule has 1 saturated carbocycles. The van der Waals surface area contributed by atoms with Gasteiger partial charge in [0.15, 0.2) is 0 Å². The average Bonchev–Trinajstić information content (AvgIpc) is 3.34. The van der Waals surface area contributed by atoms with E-state index in [2.05, 4.69) is 0 Å². The van der Waals surface area contributed by atoms with Gasteiger partial charge in [0, 0.05) is 24.7 Å². The Kier molecular flexibility index (Phi) is 5.76. The zero-order valence-electron chi connectivity index (χ0n) is 14.8. The molecule has 1 aromatic heterocycles. The Balaban J connectivity index is 1.70. The molecule has 0 spiro atoms. The van der Waals surface area contributed by atoms with Crippen LogP contribution >= 0.6 is 0 Å². The summed E-state index contributed by atoms with van der Waals surface area (Å²) in [6.07, 6.45) is 6.48. The van der Waals surface area contributed by atoms with E-state index in [1.54, 1.807) is 6.92 Å².